The van der Waals surface area contributed by atoms with E-state index < -0.39 is 12.0 Å². The summed E-state index contributed by atoms with van der Waals surface area (Å²) in [6.07, 6.45) is 3.63. The third-order valence-electron chi connectivity index (χ3n) is 5.35. The van der Waals surface area contributed by atoms with Crippen LogP contribution in [0, 0.1) is 13.8 Å². The molecule has 2 heterocycles. The van der Waals surface area contributed by atoms with E-state index >= 15 is 0 Å². The third kappa shape index (κ3) is 3.74. The van der Waals surface area contributed by atoms with Crippen LogP contribution in [0.1, 0.15) is 22.3 Å². The van der Waals surface area contributed by atoms with Gasteiger partial charge in [-0.3, -0.25) is 4.79 Å². The van der Waals surface area contributed by atoms with Crippen LogP contribution in [0.3, 0.4) is 0 Å². The highest BCUT2D eigenvalue weighted by molar-refractivity contribution is 5.91. The van der Waals surface area contributed by atoms with Crippen molar-refractivity contribution >= 4 is 33.7 Å². The summed E-state index contributed by atoms with van der Waals surface area (Å²) < 4.78 is 5.57. The first-order valence-electron chi connectivity index (χ1n) is 9.47. The van der Waals surface area contributed by atoms with Gasteiger partial charge in [0, 0.05) is 34.5 Å². The number of carboxylic acids is 1. The predicted molar refractivity (Wildman–Crippen MR) is 111 cm³/mol. The van der Waals surface area contributed by atoms with E-state index in [1.807, 2.05) is 50.2 Å². The minimum Gasteiger partial charge on any atom is -0.480 e. The number of hydrogen-bond donors (Lipinski definition) is 3. The molecule has 148 valence electrons. The lowest BCUT2D eigenvalue weighted by molar-refractivity contribution is -0.141. The summed E-state index contributed by atoms with van der Waals surface area (Å²) in [4.78, 5) is 27.5. The molecule has 6 heteroatoms. The number of carboxylic acid groups (broad SMARTS) is 1. The molecule has 0 radical (unpaired) electrons. The fourth-order valence-electron chi connectivity index (χ4n) is 3.61. The number of carbonyl (C=O) groups excluding carboxylic acids is 1. The first-order chi connectivity index (χ1) is 13.9. The van der Waals surface area contributed by atoms with E-state index in [1.54, 1.807) is 12.5 Å². The molecule has 1 atom stereocenters. The molecule has 1 unspecified atom stereocenters. The second-order valence-corrected chi connectivity index (χ2v) is 7.39. The molecule has 0 aliphatic carbocycles. The summed E-state index contributed by atoms with van der Waals surface area (Å²) in [5.74, 6) is -1.41. The number of aromatic amines is 1. The lowest BCUT2D eigenvalue weighted by Crippen LogP contribution is -2.43. The molecule has 6 nitrogen and oxygen atoms in total. The molecule has 2 aromatic carbocycles. The number of aromatic nitrogens is 1. The van der Waals surface area contributed by atoms with Crippen molar-refractivity contribution < 1.29 is 19.1 Å². The fourth-order valence-corrected chi connectivity index (χ4v) is 3.61. The number of para-hydroxylation sites is 1. The molecular weight excluding hydrogens is 368 g/mol. The molecule has 0 spiro atoms. The number of aliphatic carboxylic acids is 1. The Labute approximate surface area is 167 Å². The number of nitrogens with one attached hydrogen (secondary N) is 2. The van der Waals surface area contributed by atoms with Crippen LogP contribution in [0.25, 0.3) is 21.9 Å². The van der Waals surface area contributed by atoms with Crippen molar-refractivity contribution in [3.63, 3.8) is 0 Å². The monoisotopic (exact) mass is 390 g/mol. The van der Waals surface area contributed by atoms with Gasteiger partial charge in [0.05, 0.1) is 12.7 Å². The number of fused-ring (bicyclic) bond motifs is 2. The standard InChI is InChI=1S/C23H22N2O4/c1-13-7-18-16(12-29-21(18)8-14(13)2)10-22(26)25-20(23(27)28)9-15-11-24-19-6-4-3-5-17(15)19/h3-8,11-12,20,24H,9-10H2,1-2H3,(H,25,26)(H,27,28). The lowest BCUT2D eigenvalue weighted by atomic mass is 10.0. The number of hydrogen-bond acceptors (Lipinski definition) is 3. The zero-order chi connectivity index (χ0) is 20.5. The molecule has 0 bridgehead atoms. The Hall–Kier alpha value is -3.54. The Bertz CT molecular complexity index is 1220. The van der Waals surface area contributed by atoms with Gasteiger partial charge < -0.3 is 19.8 Å². The predicted octanol–water partition coefficient (Wildman–Crippen LogP) is 3.89. The first kappa shape index (κ1) is 18.8. The number of amides is 1. The summed E-state index contributed by atoms with van der Waals surface area (Å²) in [6, 6.07) is 10.6. The summed E-state index contributed by atoms with van der Waals surface area (Å²) >= 11 is 0. The van der Waals surface area contributed by atoms with Gasteiger partial charge in [0.25, 0.3) is 0 Å². The van der Waals surface area contributed by atoms with Crippen molar-refractivity contribution in [3.05, 3.63) is 71.1 Å². The normalized spacial score (nSPS) is 12.3. The van der Waals surface area contributed by atoms with Crippen molar-refractivity contribution in [3.8, 4) is 0 Å². The molecule has 0 aliphatic rings. The largest absolute Gasteiger partial charge is 0.480 e. The maximum atomic E-state index is 12.6. The SMILES string of the molecule is Cc1cc2occ(CC(=O)NC(Cc3c[nH]c4ccccc34)C(=O)O)c2cc1C. The number of furan rings is 1. The molecule has 0 fully saturated rings. The molecule has 0 saturated carbocycles. The molecule has 4 aromatic rings. The topological polar surface area (TPSA) is 95.3 Å². The van der Waals surface area contributed by atoms with E-state index in [2.05, 4.69) is 10.3 Å². The number of aryl methyl sites for hydroxylation is 2. The highest BCUT2D eigenvalue weighted by Crippen LogP contribution is 2.25. The van der Waals surface area contributed by atoms with Crippen molar-refractivity contribution in [2.75, 3.05) is 0 Å². The molecule has 3 N–H and O–H groups in total. The summed E-state index contributed by atoms with van der Waals surface area (Å²) in [6.45, 7) is 4.01. The van der Waals surface area contributed by atoms with E-state index in [1.165, 1.54) is 0 Å². The molecular formula is C23H22N2O4. The maximum Gasteiger partial charge on any atom is 0.326 e. The molecule has 0 aliphatic heterocycles. The second-order valence-electron chi connectivity index (χ2n) is 7.39. The van der Waals surface area contributed by atoms with Gasteiger partial charge >= 0.3 is 5.97 Å². The van der Waals surface area contributed by atoms with Crippen LogP contribution in [0.5, 0.6) is 0 Å². The quantitative estimate of drug-likeness (QED) is 0.465. The van der Waals surface area contributed by atoms with Crippen LogP contribution in [-0.4, -0.2) is 28.0 Å². The van der Waals surface area contributed by atoms with E-state index in [0.29, 0.717) is 0 Å². The Morgan fingerprint density at radius 2 is 1.86 bits per heavy atom. The van der Waals surface area contributed by atoms with Gasteiger partial charge in [-0.1, -0.05) is 18.2 Å². The van der Waals surface area contributed by atoms with Crippen molar-refractivity contribution in [2.45, 2.75) is 32.7 Å². The summed E-state index contributed by atoms with van der Waals surface area (Å²) in [5, 5.41) is 14.1. The third-order valence-corrected chi connectivity index (χ3v) is 5.35. The van der Waals surface area contributed by atoms with Crippen LogP contribution in [0.2, 0.25) is 0 Å². The minimum absolute atomic E-state index is 0.0627. The van der Waals surface area contributed by atoms with Gasteiger partial charge in [0.2, 0.25) is 5.91 Å². The Morgan fingerprint density at radius 3 is 2.66 bits per heavy atom. The average Bonchev–Trinajstić information content (AvgIpc) is 3.26. The fraction of sp³-hybridized carbons (Fsp3) is 0.217. The Balaban J connectivity index is 1.51. The number of carbonyl (C=O) groups is 2. The van der Waals surface area contributed by atoms with Gasteiger partial charge in [-0.05, 0) is 48.7 Å². The Morgan fingerprint density at radius 1 is 1.10 bits per heavy atom. The zero-order valence-electron chi connectivity index (χ0n) is 16.3. The van der Waals surface area contributed by atoms with E-state index in [-0.39, 0.29) is 18.7 Å². The van der Waals surface area contributed by atoms with Gasteiger partial charge in [-0.15, -0.1) is 0 Å². The zero-order valence-corrected chi connectivity index (χ0v) is 16.3. The smallest absolute Gasteiger partial charge is 0.326 e. The Kier molecular flexibility index (Phi) is 4.84. The summed E-state index contributed by atoms with van der Waals surface area (Å²) in [5.41, 5.74) is 5.50. The number of H-pyrrole nitrogens is 1. The van der Waals surface area contributed by atoms with Crippen LogP contribution >= 0.6 is 0 Å². The molecule has 29 heavy (non-hydrogen) atoms. The van der Waals surface area contributed by atoms with Gasteiger partial charge in [0.15, 0.2) is 0 Å². The summed E-state index contributed by atoms with van der Waals surface area (Å²) in [7, 11) is 0. The van der Waals surface area contributed by atoms with E-state index in [9.17, 15) is 14.7 Å². The van der Waals surface area contributed by atoms with Crippen LogP contribution in [-0.2, 0) is 22.4 Å². The van der Waals surface area contributed by atoms with Crippen molar-refractivity contribution in [2.24, 2.45) is 0 Å². The van der Waals surface area contributed by atoms with E-state index in [0.717, 1.165) is 44.1 Å². The lowest BCUT2D eigenvalue weighted by Gasteiger charge is -2.14. The van der Waals surface area contributed by atoms with E-state index in [4.69, 9.17) is 4.42 Å². The van der Waals surface area contributed by atoms with Crippen LogP contribution in [0.4, 0.5) is 0 Å². The number of benzene rings is 2. The average molecular weight is 390 g/mol. The van der Waals surface area contributed by atoms with Gasteiger partial charge in [-0.2, -0.15) is 0 Å². The van der Waals surface area contributed by atoms with Crippen molar-refractivity contribution in [1.82, 2.24) is 10.3 Å². The highest BCUT2D eigenvalue weighted by Gasteiger charge is 2.22. The first-order valence-corrected chi connectivity index (χ1v) is 9.47. The number of rotatable bonds is 6. The van der Waals surface area contributed by atoms with Crippen molar-refractivity contribution in [1.29, 1.82) is 0 Å². The van der Waals surface area contributed by atoms with Crippen LogP contribution < -0.4 is 5.32 Å². The molecule has 1 amide bonds. The van der Waals surface area contributed by atoms with Gasteiger partial charge in [0.1, 0.15) is 11.6 Å². The minimum atomic E-state index is -1.06. The second kappa shape index (κ2) is 7.47. The van der Waals surface area contributed by atoms with Gasteiger partial charge in [-0.25, -0.2) is 4.79 Å². The molecule has 2 aromatic heterocycles. The highest BCUT2D eigenvalue weighted by atomic mass is 16.4. The van der Waals surface area contributed by atoms with Crippen LogP contribution in [0.15, 0.2) is 53.3 Å². The molecule has 0 saturated heterocycles. The molecule has 4 rings (SSSR count). The maximum absolute atomic E-state index is 12.6.